The molecule has 0 radical (unpaired) electrons. The summed E-state index contributed by atoms with van der Waals surface area (Å²) < 4.78 is 1.51. The van der Waals surface area contributed by atoms with E-state index in [1.54, 1.807) is 37.4 Å². The number of carbonyl (C=O) groups excluding carboxylic acids is 1. The minimum atomic E-state index is -0.331. The Morgan fingerprint density at radius 3 is 2.84 bits per heavy atom. The van der Waals surface area contributed by atoms with Gasteiger partial charge in [-0.1, -0.05) is 23.2 Å². The number of nitrogens with zero attached hydrogens (tertiary/aromatic N) is 3. The average Bonchev–Trinajstić information content (AvgIpc) is 2.57. The summed E-state index contributed by atoms with van der Waals surface area (Å²) in [4.78, 5) is 33.1. The summed E-state index contributed by atoms with van der Waals surface area (Å²) in [6.07, 6.45) is 1.59. The van der Waals surface area contributed by atoms with Crippen LogP contribution in [0.25, 0.3) is 11.0 Å². The van der Waals surface area contributed by atoms with Crippen LogP contribution in [0.3, 0.4) is 0 Å². The molecule has 0 spiro atoms. The predicted octanol–water partition coefficient (Wildman–Crippen LogP) is 2.84. The Morgan fingerprint density at radius 1 is 1.28 bits per heavy atom. The molecular formula is C17H14Cl2N4O2. The van der Waals surface area contributed by atoms with E-state index >= 15 is 0 Å². The summed E-state index contributed by atoms with van der Waals surface area (Å²) in [7, 11) is 0. The first-order valence-corrected chi connectivity index (χ1v) is 8.28. The third-order valence-corrected chi connectivity index (χ3v) is 4.27. The molecule has 0 fully saturated rings. The fraction of sp³-hybridized carbons (Fsp3) is 0.176. The van der Waals surface area contributed by atoms with Crippen molar-refractivity contribution in [3.63, 3.8) is 0 Å². The maximum absolute atomic E-state index is 12.5. The van der Waals surface area contributed by atoms with E-state index in [1.165, 1.54) is 10.6 Å². The SMILES string of the molecule is Cc1nc2ncccc2c(=O)n1CCNC(=O)c1ccc(Cl)cc1Cl. The van der Waals surface area contributed by atoms with Gasteiger partial charge in [-0.2, -0.15) is 0 Å². The molecule has 0 saturated heterocycles. The molecule has 1 N–H and O–H groups in total. The molecule has 0 atom stereocenters. The van der Waals surface area contributed by atoms with Crippen molar-refractivity contribution in [2.45, 2.75) is 13.5 Å². The van der Waals surface area contributed by atoms with E-state index in [9.17, 15) is 9.59 Å². The van der Waals surface area contributed by atoms with Crippen molar-refractivity contribution in [3.05, 3.63) is 68.3 Å². The maximum Gasteiger partial charge on any atom is 0.263 e. The lowest BCUT2D eigenvalue weighted by molar-refractivity contribution is 0.0952. The van der Waals surface area contributed by atoms with Gasteiger partial charge in [-0.3, -0.25) is 14.2 Å². The number of pyridine rings is 1. The molecule has 6 nitrogen and oxygen atoms in total. The number of aryl methyl sites for hydroxylation is 1. The van der Waals surface area contributed by atoms with Gasteiger partial charge in [0.2, 0.25) is 0 Å². The molecule has 2 heterocycles. The van der Waals surface area contributed by atoms with Gasteiger partial charge in [0.15, 0.2) is 5.65 Å². The van der Waals surface area contributed by atoms with Crippen LogP contribution in [0, 0.1) is 6.92 Å². The molecule has 3 rings (SSSR count). The summed E-state index contributed by atoms with van der Waals surface area (Å²) >= 11 is 11.8. The first-order valence-electron chi connectivity index (χ1n) is 7.53. The van der Waals surface area contributed by atoms with Crippen molar-refractivity contribution in [3.8, 4) is 0 Å². The van der Waals surface area contributed by atoms with Crippen LogP contribution in [0.5, 0.6) is 0 Å². The van der Waals surface area contributed by atoms with Crippen LogP contribution >= 0.6 is 23.2 Å². The standard InChI is InChI=1S/C17H14Cl2N4O2/c1-10-22-15-13(3-2-6-20-15)17(25)23(10)8-7-21-16(24)12-5-4-11(18)9-14(12)19/h2-6,9H,7-8H2,1H3,(H,21,24). The summed E-state index contributed by atoms with van der Waals surface area (Å²) in [5, 5.41) is 3.92. The lowest BCUT2D eigenvalue weighted by Crippen LogP contribution is -2.32. The van der Waals surface area contributed by atoms with Crippen molar-refractivity contribution < 1.29 is 4.79 Å². The highest BCUT2D eigenvalue weighted by atomic mass is 35.5. The second kappa shape index (κ2) is 7.21. The molecule has 0 unspecified atom stereocenters. The van der Waals surface area contributed by atoms with Gasteiger partial charge in [0.1, 0.15) is 5.82 Å². The zero-order valence-corrected chi connectivity index (χ0v) is 14.8. The number of hydrogen-bond acceptors (Lipinski definition) is 4. The summed E-state index contributed by atoms with van der Waals surface area (Å²) in [5.74, 6) is 0.206. The lowest BCUT2D eigenvalue weighted by atomic mass is 10.2. The van der Waals surface area contributed by atoms with Crippen LogP contribution in [0.4, 0.5) is 0 Å². The third-order valence-electron chi connectivity index (χ3n) is 3.72. The minimum absolute atomic E-state index is 0.186. The Morgan fingerprint density at radius 2 is 2.08 bits per heavy atom. The van der Waals surface area contributed by atoms with E-state index in [1.807, 2.05) is 0 Å². The fourth-order valence-electron chi connectivity index (χ4n) is 2.47. The van der Waals surface area contributed by atoms with Gasteiger partial charge in [0.05, 0.1) is 16.0 Å². The third kappa shape index (κ3) is 3.65. The highest BCUT2D eigenvalue weighted by molar-refractivity contribution is 6.36. The second-order valence-electron chi connectivity index (χ2n) is 5.37. The number of amides is 1. The number of carbonyl (C=O) groups is 1. The van der Waals surface area contributed by atoms with Crippen LogP contribution in [-0.4, -0.2) is 27.0 Å². The second-order valence-corrected chi connectivity index (χ2v) is 6.21. The number of halogens is 2. The highest BCUT2D eigenvalue weighted by Crippen LogP contribution is 2.20. The predicted molar refractivity (Wildman–Crippen MR) is 97.3 cm³/mol. The number of fused-ring (bicyclic) bond motifs is 1. The molecular weight excluding hydrogens is 363 g/mol. The van der Waals surface area contributed by atoms with Gasteiger partial charge in [-0.15, -0.1) is 0 Å². The number of nitrogens with one attached hydrogen (secondary N) is 1. The lowest BCUT2D eigenvalue weighted by Gasteiger charge is -2.11. The molecule has 3 aromatic rings. The first kappa shape index (κ1) is 17.4. The summed E-state index contributed by atoms with van der Waals surface area (Å²) in [6.45, 7) is 2.28. The molecule has 0 bridgehead atoms. The van der Waals surface area contributed by atoms with Gasteiger partial charge < -0.3 is 5.32 Å². The van der Waals surface area contributed by atoms with Gasteiger partial charge >= 0.3 is 0 Å². The van der Waals surface area contributed by atoms with Crippen molar-refractivity contribution in [2.75, 3.05) is 6.54 Å². The van der Waals surface area contributed by atoms with Crippen LogP contribution in [0.2, 0.25) is 10.0 Å². The van der Waals surface area contributed by atoms with E-state index in [4.69, 9.17) is 23.2 Å². The maximum atomic E-state index is 12.5. The molecule has 128 valence electrons. The number of aromatic nitrogens is 3. The molecule has 1 aromatic carbocycles. The number of rotatable bonds is 4. The summed E-state index contributed by atoms with van der Waals surface area (Å²) in [5.41, 5.74) is 0.559. The summed E-state index contributed by atoms with van der Waals surface area (Å²) in [6, 6.07) is 8.03. The van der Waals surface area contributed by atoms with Crippen LogP contribution in [0.15, 0.2) is 41.3 Å². The van der Waals surface area contributed by atoms with Gasteiger partial charge in [0, 0.05) is 24.3 Å². The fourth-order valence-corrected chi connectivity index (χ4v) is 2.97. The van der Waals surface area contributed by atoms with Crippen LogP contribution in [-0.2, 0) is 6.54 Å². The van der Waals surface area contributed by atoms with Crippen LogP contribution < -0.4 is 10.9 Å². The van der Waals surface area contributed by atoms with Gasteiger partial charge in [0.25, 0.3) is 11.5 Å². The Labute approximate surface area is 153 Å². The molecule has 0 aliphatic heterocycles. The monoisotopic (exact) mass is 376 g/mol. The average molecular weight is 377 g/mol. The van der Waals surface area contributed by atoms with E-state index in [0.717, 1.165) is 0 Å². The smallest absolute Gasteiger partial charge is 0.263 e. The normalized spacial score (nSPS) is 10.8. The molecule has 0 aliphatic carbocycles. The quantitative estimate of drug-likeness (QED) is 0.759. The zero-order valence-electron chi connectivity index (χ0n) is 13.3. The Kier molecular flexibility index (Phi) is 5.01. The van der Waals surface area contributed by atoms with E-state index in [2.05, 4.69) is 15.3 Å². The molecule has 25 heavy (non-hydrogen) atoms. The first-order chi connectivity index (χ1) is 12.0. The van der Waals surface area contributed by atoms with Gasteiger partial charge in [-0.05, 0) is 37.3 Å². The molecule has 8 heteroatoms. The number of benzene rings is 1. The highest BCUT2D eigenvalue weighted by Gasteiger charge is 2.12. The molecule has 0 aliphatic rings. The Hall–Kier alpha value is -2.44. The minimum Gasteiger partial charge on any atom is -0.350 e. The topological polar surface area (TPSA) is 76.9 Å². The molecule has 0 saturated carbocycles. The van der Waals surface area contributed by atoms with Crippen molar-refractivity contribution in [1.29, 1.82) is 0 Å². The van der Waals surface area contributed by atoms with Crippen molar-refractivity contribution >= 4 is 40.1 Å². The van der Waals surface area contributed by atoms with Gasteiger partial charge in [-0.25, -0.2) is 9.97 Å². The van der Waals surface area contributed by atoms with Crippen LogP contribution in [0.1, 0.15) is 16.2 Å². The number of hydrogen-bond donors (Lipinski definition) is 1. The van der Waals surface area contributed by atoms with E-state index < -0.39 is 0 Å². The van der Waals surface area contributed by atoms with E-state index in [-0.39, 0.29) is 23.0 Å². The van der Waals surface area contributed by atoms with E-state index in [0.29, 0.717) is 34.0 Å². The van der Waals surface area contributed by atoms with Crippen molar-refractivity contribution in [1.82, 2.24) is 19.9 Å². The molecule has 1 amide bonds. The largest absolute Gasteiger partial charge is 0.350 e. The molecule has 2 aromatic heterocycles. The Balaban J connectivity index is 1.75. The Bertz CT molecular complexity index is 1020. The van der Waals surface area contributed by atoms with Crippen molar-refractivity contribution in [2.24, 2.45) is 0 Å². The zero-order chi connectivity index (χ0) is 18.0.